The summed E-state index contributed by atoms with van der Waals surface area (Å²) in [6.07, 6.45) is 0. The van der Waals surface area contributed by atoms with E-state index in [-0.39, 0.29) is 5.69 Å². The largest absolute Gasteiger partial charge is 0.357 e. The van der Waals surface area contributed by atoms with Gasteiger partial charge in [-0.1, -0.05) is 6.07 Å². The van der Waals surface area contributed by atoms with Gasteiger partial charge in [0.2, 0.25) is 0 Å². The molecule has 0 heterocycles. The average Bonchev–Trinajstić information content (AvgIpc) is 1.94. The standard InChI is InChI=1S/C7H8FNO3S/c1-5-2-3-6(8)7(4-5)9-13(10,11)12/h2-4,9H,1H3,(H,10,11,12). The second-order valence-corrected chi connectivity index (χ2v) is 3.71. The Bertz CT molecular complexity index is 416. The maximum atomic E-state index is 12.9. The van der Waals surface area contributed by atoms with Gasteiger partial charge in [0.15, 0.2) is 0 Å². The van der Waals surface area contributed by atoms with E-state index in [0.717, 1.165) is 6.07 Å². The van der Waals surface area contributed by atoms with Crippen LogP contribution in [0.2, 0.25) is 0 Å². The van der Waals surface area contributed by atoms with Crippen LogP contribution in [0.15, 0.2) is 18.2 Å². The van der Waals surface area contributed by atoms with E-state index < -0.39 is 16.1 Å². The molecule has 0 radical (unpaired) electrons. The zero-order valence-electron chi connectivity index (χ0n) is 6.78. The van der Waals surface area contributed by atoms with Crippen LogP contribution in [0.1, 0.15) is 5.56 Å². The Morgan fingerprint density at radius 3 is 2.62 bits per heavy atom. The lowest BCUT2D eigenvalue weighted by Crippen LogP contribution is -2.11. The summed E-state index contributed by atoms with van der Waals surface area (Å²) in [6.45, 7) is 1.68. The smallest absolute Gasteiger partial charge is 0.269 e. The minimum Gasteiger partial charge on any atom is -0.269 e. The fraction of sp³-hybridized carbons (Fsp3) is 0.143. The van der Waals surface area contributed by atoms with Crippen molar-refractivity contribution < 1.29 is 17.4 Å². The lowest BCUT2D eigenvalue weighted by atomic mass is 10.2. The summed E-state index contributed by atoms with van der Waals surface area (Å²) in [7, 11) is -4.41. The van der Waals surface area contributed by atoms with Crippen LogP contribution >= 0.6 is 0 Å². The number of hydrogen-bond acceptors (Lipinski definition) is 2. The molecule has 0 aromatic heterocycles. The molecule has 1 aromatic carbocycles. The molecule has 13 heavy (non-hydrogen) atoms. The highest BCUT2D eigenvalue weighted by Crippen LogP contribution is 2.16. The van der Waals surface area contributed by atoms with Crippen LogP contribution in [0.3, 0.4) is 0 Å². The molecule has 0 amide bonds. The van der Waals surface area contributed by atoms with Crippen molar-refractivity contribution in [1.29, 1.82) is 0 Å². The number of aryl methyl sites for hydroxylation is 1. The van der Waals surface area contributed by atoms with E-state index in [2.05, 4.69) is 0 Å². The minimum atomic E-state index is -4.41. The summed E-state index contributed by atoms with van der Waals surface area (Å²) in [5.41, 5.74) is 0.426. The van der Waals surface area contributed by atoms with Crippen LogP contribution in [0.5, 0.6) is 0 Å². The third-order valence-corrected chi connectivity index (χ3v) is 1.84. The monoisotopic (exact) mass is 205 g/mol. The van der Waals surface area contributed by atoms with Gasteiger partial charge < -0.3 is 0 Å². The Labute approximate surface area is 75.3 Å². The normalized spacial score (nSPS) is 11.3. The highest BCUT2D eigenvalue weighted by Gasteiger charge is 2.08. The van der Waals surface area contributed by atoms with E-state index in [1.54, 1.807) is 11.6 Å². The van der Waals surface area contributed by atoms with E-state index in [1.165, 1.54) is 12.1 Å². The third-order valence-electron chi connectivity index (χ3n) is 1.36. The molecule has 2 N–H and O–H groups in total. The molecule has 6 heteroatoms. The van der Waals surface area contributed by atoms with Gasteiger partial charge in [-0.3, -0.25) is 9.27 Å². The predicted molar refractivity (Wildman–Crippen MR) is 46.3 cm³/mol. The summed E-state index contributed by atoms with van der Waals surface area (Å²) >= 11 is 0. The number of hydrogen-bond donors (Lipinski definition) is 2. The fourth-order valence-corrected chi connectivity index (χ4v) is 1.29. The van der Waals surface area contributed by atoms with Crippen LogP contribution in [-0.2, 0) is 10.3 Å². The van der Waals surface area contributed by atoms with Gasteiger partial charge in [0, 0.05) is 0 Å². The van der Waals surface area contributed by atoms with Crippen LogP contribution in [0, 0.1) is 12.7 Å². The first kappa shape index (κ1) is 9.94. The maximum absolute atomic E-state index is 12.9. The van der Waals surface area contributed by atoms with Gasteiger partial charge in [-0.2, -0.15) is 8.42 Å². The van der Waals surface area contributed by atoms with Gasteiger partial charge in [0.25, 0.3) is 0 Å². The number of anilines is 1. The van der Waals surface area contributed by atoms with Crippen LogP contribution in [-0.4, -0.2) is 13.0 Å². The van der Waals surface area contributed by atoms with E-state index in [0.29, 0.717) is 5.56 Å². The first-order valence-corrected chi connectivity index (χ1v) is 4.84. The summed E-state index contributed by atoms with van der Waals surface area (Å²) < 4.78 is 43.6. The van der Waals surface area contributed by atoms with Gasteiger partial charge in [0.1, 0.15) is 5.82 Å². The Morgan fingerprint density at radius 1 is 1.46 bits per heavy atom. The highest BCUT2D eigenvalue weighted by atomic mass is 32.2. The van der Waals surface area contributed by atoms with Crippen LogP contribution < -0.4 is 4.72 Å². The van der Waals surface area contributed by atoms with E-state index in [1.807, 2.05) is 0 Å². The van der Waals surface area contributed by atoms with E-state index in [9.17, 15) is 12.8 Å². The summed E-state index contributed by atoms with van der Waals surface area (Å²) in [5, 5.41) is 0. The van der Waals surface area contributed by atoms with Crippen molar-refractivity contribution in [3.63, 3.8) is 0 Å². The number of benzene rings is 1. The Balaban J connectivity index is 3.08. The second-order valence-electron chi connectivity index (χ2n) is 2.56. The Morgan fingerprint density at radius 2 is 2.08 bits per heavy atom. The number of nitrogens with one attached hydrogen (secondary N) is 1. The molecular weight excluding hydrogens is 197 g/mol. The van der Waals surface area contributed by atoms with Crippen molar-refractivity contribution in [2.75, 3.05) is 4.72 Å². The quantitative estimate of drug-likeness (QED) is 0.716. The van der Waals surface area contributed by atoms with E-state index >= 15 is 0 Å². The lowest BCUT2D eigenvalue weighted by molar-refractivity contribution is 0.489. The SMILES string of the molecule is Cc1ccc(F)c(NS(=O)(=O)O)c1. The second kappa shape index (κ2) is 3.31. The van der Waals surface area contributed by atoms with Crippen molar-refractivity contribution in [1.82, 2.24) is 0 Å². The fourth-order valence-electron chi connectivity index (χ4n) is 0.856. The molecule has 0 aliphatic heterocycles. The van der Waals surface area contributed by atoms with Gasteiger partial charge in [-0.25, -0.2) is 4.39 Å². The molecule has 0 bridgehead atoms. The zero-order chi connectivity index (χ0) is 10.1. The van der Waals surface area contributed by atoms with Crippen LogP contribution in [0.4, 0.5) is 10.1 Å². The first-order valence-electron chi connectivity index (χ1n) is 3.40. The lowest BCUT2D eigenvalue weighted by Gasteiger charge is -2.04. The van der Waals surface area contributed by atoms with E-state index in [4.69, 9.17) is 4.55 Å². The molecule has 0 saturated carbocycles. The molecule has 4 nitrogen and oxygen atoms in total. The van der Waals surface area contributed by atoms with Gasteiger partial charge in [-0.05, 0) is 24.6 Å². The first-order chi connectivity index (χ1) is 5.88. The molecule has 0 fully saturated rings. The highest BCUT2D eigenvalue weighted by molar-refractivity contribution is 7.87. The molecule has 1 rings (SSSR count). The van der Waals surface area contributed by atoms with Crippen molar-refractivity contribution in [2.24, 2.45) is 0 Å². The predicted octanol–water partition coefficient (Wildman–Crippen LogP) is 1.35. The summed E-state index contributed by atoms with van der Waals surface area (Å²) in [4.78, 5) is 0. The van der Waals surface area contributed by atoms with Gasteiger partial charge in [-0.15, -0.1) is 0 Å². The molecule has 0 saturated heterocycles. The zero-order valence-corrected chi connectivity index (χ0v) is 7.60. The molecule has 0 aliphatic rings. The van der Waals surface area contributed by atoms with Crippen molar-refractivity contribution in [3.8, 4) is 0 Å². The van der Waals surface area contributed by atoms with Crippen LogP contribution in [0.25, 0.3) is 0 Å². The topological polar surface area (TPSA) is 66.4 Å². The molecule has 0 aliphatic carbocycles. The molecule has 0 unspecified atom stereocenters. The summed E-state index contributed by atoms with van der Waals surface area (Å²) in [5.74, 6) is -0.733. The Hall–Kier alpha value is -1.14. The molecular formula is C7H8FNO3S. The number of halogens is 1. The third kappa shape index (κ3) is 3.00. The number of rotatable bonds is 2. The van der Waals surface area contributed by atoms with Gasteiger partial charge in [0.05, 0.1) is 5.69 Å². The van der Waals surface area contributed by atoms with Crippen molar-refractivity contribution >= 4 is 16.0 Å². The minimum absolute atomic E-state index is 0.262. The van der Waals surface area contributed by atoms with Crippen molar-refractivity contribution in [2.45, 2.75) is 6.92 Å². The summed E-state index contributed by atoms with van der Waals surface area (Å²) in [6, 6.07) is 3.89. The molecule has 0 spiro atoms. The van der Waals surface area contributed by atoms with Crippen molar-refractivity contribution in [3.05, 3.63) is 29.6 Å². The molecule has 72 valence electrons. The molecule has 0 atom stereocenters. The maximum Gasteiger partial charge on any atom is 0.357 e. The Kier molecular flexibility index (Phi) is 2.53. The average molecular weight is 205 g/mol. The van der Waals surface area contributed by atoms with Gasteiger partial charge >= 0.3 is 10.3 Å². The molecule has 1 aromatic rings.